The SMILES string of the molecule is Cc1csc(CCn2cncc2CNC(C)(C)C)n1. The average Bonchev–Trinajstić information content (AvgIpc) is 2.91. The summed E-state index contributed by atoms with van der Waals surface area (Å²) in [6.45, 7) is 10.3. The second-order valence-electron chi connectivity index (χ2n) is 5.81. The Kier molecular flexibility index (Phi) is 4.37. The Morgan fingerprint density at radius 3 is 2.79 bits per heavy atom. The molecular weight excluding hydrogens is 256 g/mol. The van der Waals surface area contributed by atoms with Crippen LogP contribution in [-0.2, 0) is 19.5 Å². The number of aryl methyl sites for hydroxylation is 3. The Morgan fingerprint density at radius 2 is 2.16 bits per heavy atom. The van der Waals surface area contributed by atoms with Crippen LogP contribution in [0.15, 0.2) is 17.9 Å². The second kappa shape index (κ2) is 5.84. The van der Waals surface area contributed by atoms with Crippen molar-refractivity contribution >= 4 is 11.3 Å². The first-order valence-corrected chi connectivity index (χ1v) is 7.47. The van der Waals surface area contributed by atoms with Crippen molar-refractivity contribution in [3.8, 4) is 0 Å². The molecule has 0 atom stereocenters. The average molecular weight is 278 g/mol. The molecule has 0 aliphatic carbocycles. The Labute approximate surface area is 118 Å². The number of hydrogen-bond acceptors (Lipinski definition) is 4. The first-order valence-electron chi connectivity index (χ1n) is 6.59. The highest BCUT2D eigenvalue weighted by Crippen LogP contribution is 2.11. The van der Waals surface area contributed by atoms with Crippen LogP contribution in [0.25, 0.3) is 0 Å². The lowest BCUT2D eigenvalue weighted by Gasteiger charge is -2.20. The highest BCUT2D eigenvalue weighted by Gasteiger charge is 2.10. The van der Waals surface area contributed by atoms with Crippen LogP contribution in [0.2, 0.25) is 0 Å². The van der Waals surface area contributed by atoms with E-state index in [0.29, 0.717) is 0 Å². The summed E-state index contributed by atoms with van der Waals surface area (Å²) >= 11 is 1.73. The number of rotatable bonds is 5. The predicted molar refractivity (Wildman–Crippen MR) is 79.4 cm³/mol. The topological polar surface area (TPSA) is 42.7 Å². The van der Waals surface area contributed by atoms with Crippen molar-refractivity contribution < 1.29 is 0 Å². The molecule has 19 heavy (non-hydrogen) atoms. The van der Waals surface area contributed by atoms with E-state index in [0.717, 1.165) is 25.2 Å². The fraction of sp³-hybridized carbons (Fsp3) is 0.571. The van der Waals surface area contributed by atoms with Gasteiger partial charge in [0.1, 0.15) is 0 Å². The van der Waals surface area contributed by atoms with Gasteiger partial charge in [-0.1, -0.05) is 0 Å². The van der Waals surface area contributed by atoms with Crippen molar-refractivity contribution in [3.63, 3.8) is 0 Å². The van der Waals surface area contributed by atoms with Gasteiger partial charge >= 0.3 is 0 Å². The van der Waals surface area contributed by atoms with E-state index in [1.807, 2.05) is 19.4 Å². The molecule has 0 unspecified atom stereocenters. The van der Waals surface area contributed by atoms with Crippen LogP contribution >= 0.6 is 11.3 Å². The number of nitrogens with one attached hydrogen (secondary N) is 1. The smallest absolute Gasteiger partial charge is 0.0948 e. The fourth-order valence-corrected chi connectivity index (χ4v) is 2.55. The Bertz CT molecular complexity index is 522. The molecule has 2 aromatic rings. The molecule has 1 N–H and O–H groups in total. The molecule has 0 aromatic carbocycles. The summed E-state index contributed by atoms with van der Waals surface area (Å²) in [6, 6.07) is 0. The highest BCUT2D eigenvalue weighted by atomic mass is 32.1. The van der Waals surface area contributed by atoms with Crippen molar-refractivity contribution in [1.82, 2.24) is 19.9 Å². The molecule has 0 aliphatic heterocycles. The number of thiazole rings is 1. The van der Waals surface area contributed by atoms with Crippen molar-refractivity contribution in [2.24, 2.45) is 0 Å². The summed E-state index contributed by atoms with van der Waals surface area (Å²) in [4.78, 5) is 8.74. The highest BCUT2D eigenvalue weighted by molar-refractivity contribution is 7.09. The quantitative estimate of drug-likeness (QED) is 0.914. The van der Waals surface area contributed by atoms with Gasteiger partial charge in [0.2, 0.25) is 0 Å². The van der Waals surface area contributed by atoms with Gasteiger partial charge in [0.25, 0.3) is 0 Å². The van der Waals surface area contributed by atoms with Crippen LogP contribution in [0.1, 0.15) is 37.2 Å². The minimum atomic E-state index is 0.127. The molecule has 4 nitrogen and oxygen atoms in total. The van der Waals surface area contributed by atoms with Crippen LogP contribution < -0.4 is 5.32 Å². The standard InChI is InChI=1S/C14H22N4S/c1-11-9-19-13(17-11)5-6-18-10-15-7-12(18)8-16-14(2,3)4/h7,9-10,16H,5-6,8H2,1-4H3. The number of hydrogen-bond donors (Lipinski definition) is 1. The van der Waals surface area contributed by atoms with Gasteiger partial charge in [0, 0.05) is 42.3 Å². The van der Waals surface area contributed by atoms with Crippen LogP contribution in [0.5, 0.6) is 0 Å². The van der Waals surface area contributed by atoms with Crippen LogP contribution in [-0.4, -0.2) is 20.1 Å². The van der Waals surface area contributed by atoms with E-state index in [1.165, 1.54) is 10.7 Å². The van der Waals surface area contributed by atoms with Crippen molar-refractivity contribution in [3.05, 3.63) is 34.3 Å². The Hall–Kier alpha value is -1.20. The zero-order valence-corrected chi connectivity index (χ0v) is 12.9. The Morgan fingerprint density at radius 1 is 1.37 bits per heavy atom. The number of aromatic nitrogens is 3. The van der Waals surface area contributed by atoms with E-state index >= 15 is 0 Å². The van der Waals surface area contributed by atoms with Gasteiger partial charge in [-0.3, -0.25) is 0 Å². The molecule has 0 saturated carbocycles. The molecule has 0 spiro atoms. The third-order valence-electron chi connectivity index (χ3n) is 2.83. The maximum atomic E-state index is 4.49. The van der Waals surface area contributed by atoms with Crippen molar-refractivity contribution in [1.29, 1.82) is 0 Å². The third kappa shape index (κ3) is 4.44. The third-order valence-corrected chi connectivity index (χ3v) is 3.86. The maximum absolute atomic E-state index is 4.49. The molecule has 5 heteroatoms. The van der Waals surface area contributed by atoms with Crippen LogP contribution in [0.3, 0.4) is 0 Å². The first-order chi connectivity index (χ1) is 8.94. The summed E-state index contributed by atoms with van der Waals surface area (Å²) in [7, 11) is 0. The van der Waals surface area contributed by atoms with E-state index in [9.17, 15) is 0 Å². The summed E-state index contributed by atoms with van der Waals surface area (Å²) in [6.07, 6.45) is 4.81. The fourth-order valence-electron chi connectivity index (χ4n) is 1.79. The van der Waals surface area contributed by atoms with Gasteiger partial charge < -0.3 is 9.88 Å². The minimum absolute atomic E-state index is 0.127. The lowest BCUT2D eigenvalue weighted by atomic mass is 10.1. The van der Waals surface area contributed by atoms with E-state index in [4.69, 9.17) is 0 Å². The summed E-state index contributed by atoms with van der Waals surface area (Å²) < 4.78 is 2.20. The van der Waals surface area contributed by atoms with Crippen molar-refractivity contribution in [2.45, 2.75) is 52.7 Å². The second-order valence-corrected chi connectivity index (χ2v) is 6.76. The molecule has 0 radical (unpaired) electrons. The summed E-state index contributed by atoms with van der Waals surface area (Å²) in [5, 5.41) is 6.79. The van der Waals surface area contributed by atoms with E-state index < -0.39 is 0 Å². The van der Waals surface area contributed by atoms with Gasteiger partial charge in [-0.25, -0.2) is 9.97 Å². The lowest BCUT2D eigenvalue weighted by molar-refractivity contribution is 0.415. The van der Waals surface area contributed by atoms with Gasteiger partial charge in [0.15, 0.2) is 0 Å². The monoisotopic (exact) mass is 278 g/mol. The molecule has 2 rings (SSSR count). The normalized spacial score (nSPS) is 12.0. The van der Waals surface area contributed by atoms with E-state index in [-0.39, 0.29) is 5.54 Å². The molecule has 104 valence electrons. The summed E-state index contributed by atoms with van der Waals surface area (Å²) in [5.41, 5.74) is 2.46. The molecular formula is C14H22N4S. The van der Waals surface area contributed by atoms with E-state index in [2.05, 4.69) is 46.0 Å². The molecule has 2 heterocycles. The van der Waals surface area contributed by atoms with E-state index in [1.54, 1.807) is 11.3 Å². The molecule has 0 aliphatic rings. The van der Waals surface area contributed by atoms with Crippen molar-refractivity contribution in [2.75, 3.05) is 0 Å². The number of imidazole rings is 1. The van der Waals surface area contributed by atoms with Crippen LogP contribution in [0.4, 0.5) is 0 Å². The maximum Gasteiger partial charge on any atom is 0.0948 e. The summed E-state index contributed by atoms with van der Waals surface area (Å²) in [5.74, 6) is 0. The zero-order valence-electron chi connectivity index (χ0n) is 12.1. The largest absolute Gasteiger partial charge is 0.333 e. The van der Waals surface area contributed by atoms with Crippen LogP contribution in [0, 0.1) is 6.92 Å². The molecule has 0 fully saturated rings. The lowest BCUT2D eigenvalue weighted by Crippen LogP contribution is -2.35. The van der Waals surface area contributed by atoms with Gasteiger partial charge in [-0.2, -0.15) is 0 Å². The minimum Gasteiger partial charge on any atom is -0.333 e. The molecule has 0 saturated heterocycles. The first kappa shape index (κ1) is 14.2. The Balaban J connectivity index is 1.92. The van der Waals surface area contributed by atoms with Gasteiger partial charge in [-0.15, -0.1) is 11.3 Å². The predicted octanol–water partition coefficient (Wildman–Crippen LogP) is 2.78. The molecule has 2 aromatic heterocycles. The van der Waals surface area contributed by atoms with Gasteiger partial charge in [0.05, 0.1) is 17.0 Å². The molecule has 0 amide bonds. The zero-order chi connectivity index (χ0) is 13.9. The van der Waals surface area contributed by atoms with Gasteiger partial charge in [-0.05, 0) is 27.7 Å². The number of nitrogens with zero attached hydrogens (tertiary/aromatic N) is 3. The molecule has 0 bridgehead atoms.